The van der Waals surface area contributed by atoms with Crippen molar-refractivity contribution in [2.45, 2.75) is 32.2 Å². The number of piperazine rings is 1. The molecule has 1 aliphatic rings. The number of amides is 1. The topological polar surface area (TPSA) is 61.4 Å². The lowest BCUT2D eigenvalue weighted by molar-refractivity contribution is -0.126. The minimum absolute atomic E-state index is 0.105. The van der Waals surface area contributed by atoms with Gasteiger partial charge in [0.2, 0.25) is 11.9 Å². The molecule has 1 aromatic heterocycles. The van der Waals surface area contributed by atoms with E-state index in [0.29, 0.717) is 12.5 Å². The molecule has 144 valence electrons. The van der Waals surface area contributed by atoms with Gasteiger partial charge in [0, 0.05) is 51.0 Å². The van der Waals surface area contributed by atoms with Crippen LogP contribution in [0.2, 0.25) is 0 Å². The number of anilines is 1. The molecule has 1 fully saturated rings. The van der Waals surface area contributed by atoms with E-state index in [9.17, 15) is 4.79 Å². The van der Waals surface area contributed by atoms with E-state index in [1.807, 2.05) is 19.1 Å². The fourth-order valence-electron chi connectivity index (χ4n) is 3.52. The van der Waals surface area contributed by atoms with Crippen LogP contribution in [-0.2, 0) is 4.79 Å². The molecule has 6 nitrogen and oxygen atoms in total. The van der Waals surface area contributed by atoms with E-state index < -0.39 is 0 Å². The van der Waals surface area contributed by atoms with Crippen molar-refractivity contribution >= 4 is 11.9 Å². The lowest BCUT2D eigenvalue weighted by atomic mass is 9.96. The van der Waals surface area contributed by atoms with E-state index in [0.717, 1.165) is 38.5 Å². The molecule has 0 radical (unpaired) electrons. The summed E-state index contributed by atoms with van der Waals surface area (Å²) in [5.41, 5.74) is 1.28. The van der Waals surface area contributed by atoms with Crippen molar-refractivity contribution in [1.82, 2.24) is 20.2 Å². The second-order valence-corrected chi connectivity index (χ2v) is 7.01. The van der Waals surface area contributed by atoms with Crippen molar-refractivity contribution in [3.05, 3.63) is 54.4 Å². The van der Waals surface area contributed by atoms with Crippen LogP contribution in [-0.4, -0.2) is 59.5 Å². The minimum Gasteiger partial charge on any atom is -0.354 e. The fraction of sp³-hybridized carbons (Fsp3) is 0.476. The summed E-state index contributed by atoms with van der Waals surface area (Å²) in [5.74, 6) is 1.23. The molecular weight excluding hydrogens is 338 g/mol. The van der Waals surface area contributed by atoms with Crippen LogP contribution in [0.25, 0.3) is 0 Å². The Hall–Kier alpha value is -2.47. The molecule has 0 unspecified atom stereocenters. The molecule has 2 aromatic rings. The number of aromatic nitrogens is 2. The van der Waals surface area contributed by atoms with Crippen molar-refractivity contribution < 1.29 is 4.79 Å². The third kappa shape index (κ3) is 5.04. The number of hydrogen-bond acceptors (Lipinski definition) is 5. The average Bonchev–Trinajstić information content (AvgIpc) is 2.75. The van der Waals surface area contributed by atoms with Crippen LogP contribution in [0.1, 0.15) is 31.7 Å². The van der Waals surface area contributed by atoms with E-state index in [2.05, 4.69) is 56.3 Å². The standard InChI is InChI=1S/C21H29N5O/c1-3-18(19-8-5-4-6-9-19)16-24-20(27)17(2)25-12-14-26(15-13-25)21-22-10-7-11-23-21/h4-11,17-18H,3,12-16H2,1-2H3,(H,24,27)/t17-,18-/m1/s1. The predicted molar refractivity (Wildman–Crippen MR) is 108 cm³/mol. The molecule has 1 aromatic carbocycles. The molecule has 0 spiro atoms. The van der Waals surface area contributed by atoms with Crippen LogP contribution in [0.3, 0.4) is 0 Å². The maximum absolute atomic E-state index is 12.7. The van der Waals surface area contributed by atoms with Crippen LogP contribution >= 0.6 is 0 Å². The van der Waals surface area contributed by atoms with Crippen LogP contribution in [0.5, 0.6) is 0 Å². The van der Waals surface area contributed by atoms with Gasteiger partial charge in [0.05, 0.1) is 6.04 Å². The van der Waals surface area contributed by atoms with E-state index in [4.69, 9.17) is 0 Å². The summed E-state index contributed by atoms with van der Waals surface area (Å²) < 4.78 is 0. The molecule has 6 heteroatoms. The van der Waals surface area contributed by atoms with Gasteiger partial charge in [0.15, 0.2) is 0 Å². The Bertz CT molecular complexity index is 701. The number of carbonyl (C=O) groups is 1. The summed E-state index contributed by atoms with van der Waals surface area (Å²) in [5, 5.41) is 3.15. The number of carbonyl (C=O) groups excluding carboxylic acids is 1. The van der Waals surface area contributed by atoms with Crippen molar-refractivity contribution in [2.75, 3.05) is 37.6 Å². The third-order valence-electron chi connectivity index (χ3n) is 5.36. The Morgan fingerprint density at radius 3 is 2.37 bits per heavy atom. The van der Waals surface area contributed by atoms with Crippen molar-refractivity contribution in [3.8, 4) is 0 Å². The Morgan fingerprint density at radius 1 is 1.07 bits per heavy atom. The van der Waals surface area contributed by atoms with Gasteiger partial charge >= 0.3 is 0 Å². The highest BCUT2D eigenvalue weighted by Gasteiger charge is 2.26. The second kappa shape index (κ2) is 9.46. The lowest BCUT2D eigenvalue weighted by Gasteiger charge is -2.37. The SMILES string of the molecule is CC[C@H](CNC(=O)[C@@H](C)N1CCN(c2ncccn2)CC1)c1ccccc1. The molecule has 2 atom stereocenters. The second-order valence-electron chi connectivity index (χ2n) is 7.01. The summed E-state index contributed by atoms with van der Waals surface area (Å²) >= 11 is 0. The smallest absolute Gasteiger partial charge is 0.237 e. The number of nitrogens with zero attached hydrogens (tertiary/aromatic N) is 4. The Morgan fingerprint density at radius 2 is 1.74 bits per heavy atom. The van der Waals surface area contributed by atoms with Gasteiger partial charge in [-0.3, -0.25) is 9.69 Å². The van der Waals surface area contributed by atoms with Crippen LogP contribution in [0.15, 0.2) is 48.8 Å². The first-order valence-electron chi connectivity index (χ1n) is 9.77. The van der Waals surface area contributed by atoms with Gasteiger partial charge in [-0.15, -0.1) is 0 Å². The number of benzene rings is 1. The van der Waals surface area contributed by atoms with Crippen molar-refractivity contribution in [1.29, 1.82) is 0 Å². The highest BCUT2D eigenvalue weighted by atomic mass is 16.2. The number of hydrogen-bond donors (Lipinski definition) is 1. The first-order valence-corrected chi connectivity index (χ1v) is 9.77. The molecule has 2 heterocycles. The monoisotopic (exact) mass is 367 g/mol. The van der Waals surface area contributed by atoms with Crippen LogP contribution in [0, 0.1) is 0 Å². The summed E-state index contributed by atoms with van der Waals surface area (Å²) in [6.07, 6.45) is 4.54. The molecule has 0 saturated carbocycles. The fourth-order valence-corrected chi connectivity index (χ4v) is 3.52. The molecular formula is C21H29N5O. The predicted octanol–water partition coefficient (Wildman–Crippen LogP) is 2.30. The quantitative estimate of drug-likeness (QED) is 0.814. The summed E-state index contributed by atoms with van der Waals surface area (Å²) in [4.78, 5) is 25.7. The zero-order valence-electron chi connectivity index (χ0n) is 16.2. The van der Waals surface area contributed by atoms with Gasteiger partial charge in [0.25, 0.3) is 0 Å². The highest BCUT2D eigenvalue weighted by molar-refractivity contribution is 5.81. The summed E-state index contributed by atoms with van der Waals surface area (Å²) in [7, 11) is 0. The van der Waals surface area contributed by atoms with Crippen LogP contribution < -0.4 is 10.2 Å². The molecule has 3 rings (SSSR count). The third-order valence-corrected chi connectivity index (χ3v) is 5.36. The molecule has 1 N–H and O–H groups in total. The van der Waals surface area contributed by atoms with Gasteiger partial charge in [-0.2, -0.15) is 0 Å². The number of rotatable bonds is 7. The molecule has 27 heavy (non-hydrogen) atoms. The highest BCUT2D eigenvalue weighted by Crippen LogP contribution is 2.18. The first kappa shape index (κ1) is 19.3. The normalized spacial score (nSPS) is 17.3. The lowest BCUT2D eigenvalue weighted by Crippen LogP contribution is -2.54. The van der Waals surface area contributed by atoms with E-state index in [1.165, 1.54) is 5.56 Å². The van der Waals surface area contributed by atoms with Gasteiger partial charge < -0.3 is 10.2 Å². The van der Waals surface area contributed by atoms with E-state index >= 15 is 0 Å². The largest absolute Gasteiger partial charge is 0.354 e. The van der Waals surface area contributed by atoms with Gasteiger partial charge in [0.1, 0.15) is 0 Å². The maximum Gasteiger partial charge on any atom is 0.237 e. The van der Waals surface area contributed by atoms with E-state index in [1.54, 1.807) is 12.4 Å². The Labute approximate surface area is 161 Å². The van der Waals surface area contributed by atoms with Gasteiger partial charge in [-0.25, -0.2) is 9.97 Å². The summed E-state index contributed by atoms with van der Waals surface area (Å²) in [6.45, 7) is 8.19. The zero-order valence-corrected chi connectivity index (χ0v) is 16.2. The Balaban J connectivity index is 1.48. The summed E-state index contributed by atoms with van der Waals surface area (Å²) in [6, 6.07) is 12.1. The van der Waals surface area contributed by atoms with Crippen molar-refractivity contribution in [2.24, 2.45) is 0 Å². The molecule has 1 amide bonds. The van der Waals surface area contributed by atoms with Crippen LogP contribution in [0.4, 0.5) is 5.95 Å². The molecule has 1 saturated heterocycles. The molecule has 0 aliphatic carbocycles. The number of nitrogens with one attached hydrogen (secondary N) is 1. The molecule has 1 aliphatic heterocycles. The van der Waals surface area contributed by atoms with E-state index in [-0.39, 0.29) is 11.9 Å². The molecule has 0 bridgehead atoms. The average molecular weight is 367 g/mol. The van der Waals surface area contributed by atoms with Gasteiger partial charge in [-0.05, 0) is 25.0 Å². The van der Waals surface area contributed by atoms with Gasteiger partial charge in [-0.1, -0.05) is 37.3 Å². The minimum atomic E-state index is -0.128. The Kier molecular flexibility index (Phi) is 6.76. The first-order chi connectivity index (χ1) is 13.2. The maximum atomic E-state index is 12.7. The van der Waals surface area contributed by atoms with Crippen molar-refractivity contribution in [3.63, 3.8) is 0 Å². The zero-order chi connectivity index (χ0) is 19.1.